The zero-order chi connectivity index (χ0) is 12.9. The predicted octanol–water partition coefficient (Wildman–Crippen LogP) is 1.94. The first-order valence-electron chi connectivity index (χ1n) is 3.59. The van der Waals surface area contributed by atoms with Crippen molar-refractivity contribution in [2.75, 3.05) is 0 Å². The smallest absolute Gasteiger partial charge is 0.302 e. The lowest BCUT2D eigenvalue weighted by Gasteiger charge is -2.32. The molecule has 2 rings (SSSR count). The van der Waals surface area contributed by atoms with Crippen molar-refractivity contribution in [1.29, 1.82) is 0 Å². The van der Waals surface area contributed by atoms with Gasteiger partial charge in [-0.25, -0.2) is 31.8 Å². The van der Waals surface area contributed by atoms with Gasteiger partial charge in [0.15, 0.2) is 0 Å². The van der Waals surface area contributed by atoms with Crippen LogP contribution in [0, 0.1) is 0 Å². The van der Waals surface area contributed by atoms with Gasteiger partial charge in [0, 0.05) is 0 Å². The van der Waals surface area contributed by atoms with Gasteiger partial charge in [-0.05, 0) is 0 Å². The second-order valence-electron chi connectivity index (χ2n) is 2.50. The van der Waals surface area contributed by atoms with Gasteiger partial charge in [0.2, 0.25) is 0 Å². The highest BCUT2D eigenvalue weighted by Crippen LogP contribution is 2.77. The van der Waals surface area contributed by atoms with Gasteiger partial charge in [-0.15, -0.1) is 0 Å². The summed E-state index contributed by atoms with van der Waals surface area (Å²) >= 11 is 0. The topological polar surface area (TPSA) is 127 Å². The Kier molecular flexibility index (Phi) is 3.34. The molecule has 0 saturated carbocycles. The quantitative estimate of drug-likeness (QED) is 0.754. The SMILES string of the molecule is O=P1(O)OC(F)OP(=O)(OP2(=O)OC(F)O2)O1. The highest BCUT2D eigenvalue weighted by Gasteiger charge is 2.57. The van der Waals surface area contributed by atoms with E-state index in [4.69, 9.17) is 4.89 Å². The van der Waals surface area contributed by atoms with E-state index >= 15 is 0 Å². The molecule has 0 bridgehead atoms. The summed E-state index contributed by atoms with van der Waals surface area (Å²) in [5.41, 5.74) is 0. The first-order valence-corrected chi connectivity index (χ1v) is 8.00. The minimum absolute atomic E-state index is 2.39. The Morgan fingerprint density at radius 1 is 0.941 bits per heavy atom. The molecule has 0 amide bonds. The molecule has 17 heavy (non-hydrogen) atoms. The normalized spacial score (nSPS) is 55.2. The van der Waals surface area contributed by atoms with Crippen LogP contribution in [0.3, 0.4) is 0 Å². The van der Waals surface area contributed by atoms with Gasteiger partial charge < -0.3 is 4.89 Å². The molecule has 0 aromatic heterocycles. The van der Waals surface area contributed by atoms with Crippen molar-refractivity contribution >= 4 is 23.5 Å². The molecule has 2 heterocycles. The Morgan fingerprint density at radius 2 is 1.41 bits per heavy atom. The van der Waals surface area contributed by atoms with Gasteiger partial charge in [-0.1, -0.05) is 0 Å². The number of rotatable bonds is 2. The van der Waals surface area contributed by atoms with Gasteiger partial charge in [-0.2, -0.15) is 17.4 Å². The highest BCUT2D eigenvalue weighted by molar-refractivity contribution is 7.68. The van der Waals surface area contributed by atoms with Crippen molar-refractivity contribution in [3.05, 3.63) is 0 Å². The van der Waals surface area contributed by atoms with Crippen molar-refractivity contribution < 1.29 is 54.1 Å². The Morgan fingerprint density at radius 3 is 1.88 bits per heavy atom. The molecule has 2 aliphatic rings. The minimum atomic E-state index is -5.10. The van der Waals surface area contributed by atoms with Crippen LogP contribution in [0.5, 0.6) is 0 Å². The summed E-state index contributed by atoms with van der Waals surface area (Å²) in [6.07, 6.45) is 0. The molecule has 0 radical (unpaired) electrons. The molecule has 2 fully saturated rings. The molecule has 2 saturated heterocycles. The van der Waals surface area contributed by atoms with Gasteiger partial charge in [-0.3, -0.25) is 0 Å². The summed E-state index contributed by atoms with van der Waals surface area (Å²) in [6.45, 7) is -5.32. The van der Waals surface area contributed by atoms with E-state index < -0.39 is 36.6 Å². The molecule has 0 aromatic carbocycles. The van der Waals surface area contributed by atoms with Crippen LogP contribution >= 0.6 is 23.5 Å². The van der Waals surface area contributed by atoms with Crippen LogP contribution in [0.25, 0.3) is 0 Å². The molecule has 3 unspecified atom stereocenters. The van der Waals surface area contributed by atoms with Gasteiger partial charge in [0.25, 0.3) is 0 Å². The van der Waals surface area contributed by atoms with Gasteiger partial charge >= 0.3 is 36.6 Å². The highest BCUT2D eigenvalue weighted by atomic mass is 31.3. The van der Waals surface area contributed by atoms with Crippen molar-refractivity contribution in [2.45, 2.75) is 13.1 Å². The van der Waals surface area contributed by atoms with E-state index in [9.17, 15) is 22.5 Å². The average molecular weight is 318 g/mol. The van der Waals surface area contributed by atoms with Crippen LogP contribution in [-0.4, -0.2) is 18.0 Å². The lowest BCUT2D eigenvalue weighted by Crippen LogP contribution is -2.23. The fraction of sp³-hybridized carbons (Fsp3) is 1.00. The van der Waals surface area contributed by atoms with Crippen LogP contribution in [0.4, 0.5) is 8.78 Å². The van der Waals surface area contributed by atoms with Crippen molar-refractivity contribution in [3.63, 3.8) is 0 Å². The van der Waals surface area contributed by atoms with Crippen LogP contribution in [0.15, 0.2) is 0 Å². The van der Waals surface area contributed by atoms with E-state index in [0.29, 0.717) is 0 Å². The lowest BCUT2D eigenvalue weighted by atomic mass is 11.4. The largest absolute Gasteiger partial charge is 0.497 e. The van der Waals surface area contributed by atoms with Crippen LogP contribution in [-0.2, 0) is 40.4 Å². The Labute approximate surface area is 91.5 Å². The maximum absolute atomic E-state index is 12.6. The molecule has 3 atom stereocenters. The predicted molar refractivity (Wildman–Crippen MR) is 41.3 cm³/mol. The summed E-state index contributed by atoms with van der Waals surface area (Å²) in [6, 6.07) is 0. The molecular formula is C2H3F2O10P3. The molecular weight excluding hydrogens is 315 g/mol. The Hall–Kier alpha value is 0.270. The Bertz CT molecular complexity index is 452. The summed E-state index contributed by atoms with van der Waals surface area (Å²) in [5, 5.41) is 0. The maximum atomic E-state index is 12.6. The fourth-order valence-electron chi connectivity index (χ4n) is 0.796. The number of hydrogen-bond donors (Lipinski definition) is 1. The minimum Gasteiger partial charge on any atom is -0.302 e. The molecule has 1 N–H and O–H groups in total. The molecule has 10 nitrogen and oxygen atoms in total. The van der Waals surface area contributed by atoms with Crippen molar-refractivity contribution in [3.8, 4) is 0 Å². The number of hydrogen-bond acceptors (Lipinski definition) is 9. The summed E-state index contributed by atoms with van der Waals surface area (Å²) in [7, 11) is -14.8. The number of phosphoric acid groups is 3. The maximum Gasteiger partial charge on any atom is 0.497 e. The summed E-state index contributed by atoms with van der Waals surface area (Å²) < 4.78 is 80.5. The molecule has 15 heteroatoms. The first-order chi connectivity index (χ1) is 7.62. The molecule has 100 valence electrons. The summed E-state index contributed by atoms with van der Waals surface area (Å²) in [5.74, 6) is 0. The lowest BCUT2D eigenvalue weighted by molar-refractivity contribution is -0.198. The molecule has 0 aromatic rings. The Balaban J connectivity index is 2.11. The van der Waals surface area contributed by atoms with Gasteiger partial charge in [0.1, 0.15) is 0 Å². The van der Waals surface area contributed by atoms with E-state index in [2.05, 4.69) is 26.7 Å². The van der Waals surface area contributed by atoms with Crippen molar-refractivity contribution in [2.24, 2.45) is 0 Å². The zero-order valence-corrected chi connectivity index (χ0v) is 10.1. The van der Waals surface area contributed by atoms with Crippen LogP contribution in [0.1, 0.15) is 0 Å². The number of alkyl halides is 2. The fourth-order valence-corrected chi connectivity index (χ4v) is 4.93. The monoisotopic (exact) mass is 318 g/mol. The number of halogens is 2. The molecule has 0 aliphatic carbocycles. The van der Waals surface area contributed by atoms with Crippen LogP contribution < -0.4 is 0 Å². The van der Waals surface area contributed by atoms with Crippen LogP contribution in [0.2, 0.25) is 0 Å². The van der Waals surface area contributed by atoms with E-state index in [1.54, 1.807) is 0 Å². The third-order valence-electron chi connectivity index (χ3n) is 1.26. The van der Waals surface area contributed by atoms with Crippen molar-refractivity contribution in [1.82, 2.24) is 0 Å². The van der Waals surface area contributed by atoms with E-state index in [0.717, 1.165) is 0 Å². The van der Waals surface area contributed by atoms with E-state index in [1.807, 2.05) is 0 Å². The van der Waals surface area contributed by atoms with Gasteiger partial charge in [0.05, 0.1) is 0 Å². The molecule has 2 aliphatic heterocycles. The van der Waals surface area contributed by atoms with E-state index in [1.165, 1.54) is 0 Å². The average Bonchev–Trinajstić information content (AvgIpc) is 1.92. The second-order valence-corrected chi connectivity index (χ2v) is 7.37. The van der Waals surface area contributed by atoms with E-state index in [-0.39, 0.29) is 0 Å². The third-order valence-corrected chi connectivity index (χ3v) is 6.18. The summed E-state index contributed by atoms with van der Waals surface area (Å²) in [4.78, 5) is 8.71. The zero-order valence-electron chi connectivity index (χ0n) is 7.37. The molecule has 0 spiro atoms. The standard InChI is InChI=1S/C2H3F2O10P3/c3-1-9-15(5,6)13-17(8,12-1)14-16(7)10-2(4)11-16/h1-2H,(H,5,6). The second kappa shape index (κ2) is 4.14. The third kappa shape index (κ3) is 3.18. The number of phosphoric ester groups is 2. The first kappa shape index (κ1) is 13.7.